The van der Waals surface area contributed by atoms with Crippen LogP contribution in [0.15, 0.2) is 29.3 Å². The van der Waals surface area contributed by atoms with Crippen LogP contribution in [0.25, 0.3) is 10.2 Å². The quantitative estimate of drug-likeness (QED) is 0.577. The number of rotatable bonds is 5. The van der Waals surface area contributed by atoms with E-state index in [2.05, 4.69) is 4.98 Å². The Kier molecular flexibility index (Phi) is 5.71. The van der Waals surface area contributed by atoms with Gasteiger partial charge in [-0.2, -0.15) is 0 Å². The van der Waals surface area contributed by atoms with Crippen LogP contribution in [0.5, 0.6) is 0 Å². The van der Waals surface area contributed by atoms with Crippen molar-refractivity contribution in [3.05, 3.63) is 56.7 Å². The minimum Gasteiger partial charge on any atom is -0.380 e. The van der Waals surface area contributed by atoms with Gasteiger partial charge in [-0.25, -0.2) is 9.37 Å². The number of hydrogen-bond donors (Lipinski definition) is 0. The summed E-state index contributed by atoms with van der Waals surface area (Å²) in [6.07, 6.45) is 3.00. The number of carbonyl (C=O) groups is 1. The van der Waals surface area contributed by atoms with Crippen molar-refractivity contribution in [3.63, 3.8) is 0 Å². The molecule has 0 bridgehead atoms. The third-order valence-corrected chi connectivity index (χ3v) is 6.77. The van der Waals surface area contributed by atoms with E-state index in [1.54, 1.807) is 17.9 Å². The van der Waals surface area contributed by atoms with E-state index in [1.165, 1.54) is 34.4 Å². The fourth-order valence-corrected chi connectivity index (χ4v) is 5.05. The first-order chi connectivity index (χ1) is 14.4. The number of benzene rings is 1. The van der Waals surface area contributed by atoms with Crippen LogP contribution in [-0.2, 0) is 17.7 Å². The van der Waals surface area contributed by atoms with E-state index in [0.717, 1.165) is 24.1 Å². The molecule has 0 N–H and O–H groups in total. The average Bonchev–Trinajstić information content (AvgIpc) is 3.06. The molecule has 0 saturated heterocycles. The number of carbonyl (C=O) groups excluding carboxylic acids is 1. The maximum absolute atomic E-state index is 13.7. The lowest BCUT2D eigenvalue weighted by Crippen LogP contribution is -2.42. The number of aryl methyl sites for hydroxylation is 2. The molecule has 1 unspecified atom stereocenters. The predicted octanol–water partition coefficient (Wildman–Crippen LogP) is 3.92. The summed E-state index contributed by atoms with van der Waals surface area (Å²) >= 11 is 1.24. The molecule has 30 heavy (non-hydrogen) atoms. The highest BCUT2D eigenvalue weighted by Crippen LogP contribution is 2.35. The summed E-state index contributed by atoms with van der Waals surface area (Å²) in [7, 11) is 0. The standard InChI is InChI=1S/C22H24FN3O3S/c1-4-29-10-9-25-12-24-20-18(21(25)27)14(3)19(30-20)22(28)26-13(2)5-6-15-11-16(23)7-8-17(15)26/h7-8,11-13H,4-6,9-10H2,1-3H3. The zero-order chi connectivity index (χ0) is 21.4. The largest absolute Gasteiger partial charge is 0.380 e. The lowest BCUT2D eigenvalue weighted by Gasteiger charge is -2.35. The highest BCUT2D eigenvalue weighted by Gasteiger charge is 2.32. The van der Waals surface area contributed by atoms with E-state index >= 15 is 0 Å². The van der Waals surface area contributed by atoms with Gasteiger partial charge >= 0.3 is 0 Å². The van der Waals surface area contributed by atoms with Crippen LogP contribution in [0.4, 0.5) is 10.1 Å². The highest BCUT2D eigenvalue weighted by atomic mass is 32.1. The fourth-order valence-electron chi connectivity index (χ4n) is 3.97. The zero-order valence-electron chi connectivity index (χ0n) is 17.3. The van der Waals surface area contributed by atoms with Crippen molar-refractivity contribution in [1.82, 2.24) is 9.55 Å². The third kappa shape index (κ3) is 3.54. The summed E-state index contributed by atoms with van der Waals surface area (Å²) in [5.41, 5.74) is 2.04. The smallest absolute Gasteiger partial charge is 0.268 e. The molecule has 1 aromatic carbocycles. The van der Waals surface area contributed by atoms with Crippen LogP contribution in [-0.4, -0.2) is 34.7 Å². The van der Waals surface area contributed by atoms with Gasteiger partial charge in [0.25, 0.3) is 11.5 Å². The second kappa shape index (κ2) is 8.28. The third-order valence-electron chi connectivity index (χ3n) is 5.58. The maximum atomic E-state index is 13.7. The van der Waals surface area contributed by atoms with E-state index in [9.17, 15) is 14.0 Å². The molecule has 1 amide bonds. The van der Waals surface area contributed by atoms with Gasteiger partial charge in [-0.15, -0.1) is 11.3 Å². The first-order valence-corrected chi connectivity index (χ1v) is 10.9. The van der Waals surface area contributed by atoms with E-state index in [4.69, 9.17) is 4.74 Å². The van der Waals surface area contributed by atoms with E-state index in [-0.39, 0.29) is 23.3 Å². The van der Waals surface area contributed by atoms with Crippen molar-refractivity contribution in [1.29, 1.82) is 0 Å². The number of fused-ring (bicyclic) bond motifs is 2. The molecule has 158 valence electrons. The number of amides is 1. The van der Waals surface area contributed by atoms with Gasteiger partial charge < -0.3 is 9.64 Å². The van der Waals surface area contributed by atoms with Crippen LogP contribution < -0.4 is 10.5 Å². The molecule has 0 aliphatic carbocycles. The lowest BCUT2D eigenvalue weighted by molar-refractivity contribution is 0.0978. The number of ether oxygens (including phenoxy) is 1. The van der Waals surface area contributed by atoms with Crippen LogP contribution in [0.3, 0.4) is 0 Å². The molecule has 1 aliphatic rings. The molecule has 3 aromatic rings. The van der Waals surface area contributed by atoms with Crippen LogP contribution in [0, 0.1) is 12.7 Å². The number of aromatic nitrogens is 2. The molecule has 0 spiro atoms. The van der Waals surface area contributed by atoms with Gasteiger partial charge in [0.05, 0.1) is 29.7 Å². The van der Waals surface area contributed by atoms with Gasteiger partial charge in [0.15, 0.2) is 0 Å². The topological polar surface area (TPSA) is 64.4 Å². The zero-order valence-corrected chi connectivity index (χ0v) is 18.1. The molecule has 6 nitrogen and oxygen atoms in total. The number of halogens is 1. The number of thiophene rings is 1. The summed E-state index contributed by atoms with van der Waals surface area (Å²) in [5, 5.41) is 0.478. The van der Waals surface area contributed by atoms with Crippen molar-refractivity contribution in [3.8, 4) is 0 Å². The number of nitrogens with zero attached hydrogens (tertiary/aromatic N) is 3. The van der Waals surface area contributed by atoms with Gasteiger partial charge in [-0.1, -0.05) is 0 Å². The molecule has 1 atom stereocenters. The Bertz CT molecular complexity index is 1170. The Morgan fingerprint density at radius 2 is 2.20 bits per heavy atom. The summed E-state index contributed by atoms with van der Waals surface area (Å²) in [6, 6.07) is 4.53. The van der Waals surface area contributed by atoms with Crippen LogP contribution in [0.2, 0.25) is 0 Å². The molecule has 8 heteroatoms. The monoisotopic (exact) mass is 429 g/mol. The molecule has 0 saturated carbocycles. The second-order valence-electron chi connectivity index (χ2n) is 7.51. The summed E-state index contributed by atoms with van der Waals surface area (Å²) in [4.78, 5) is 33.7. The Morgan fingerprint density at radius 3 is 2.97 bits per heavy atom. The molecule has 1 aliphatic heterocycles. The SMILES string of the molecule is CCOCCn1cnc2sc(C(=O)N3c4ccc(F)cc4CCC3C)c(C)c2c1=O. The van der Waals surface area contributed by atoms with Crippen LogP contribution >= 0.6 is 11.3 Å². The summed E-state index contributed by atoms with van der Waals surface area (Å²) < 4.78 is 20.5. The fraction of sp³-hybridized carbons (Fsp3) is 0.409. The molecule has 4 rings (SSSR count). The summed E-state index contributed by atoms with van der Waals surface area (Å²) in [5.74, 6) is -0.471. The van der Waals surface area contributed by atoms with Gasteiger partial charge in [-0.05, 0) is 62.9 Å². The minimum atomic E-state index is -0.300. The normalized spacial score (nSPS) is 16.1. The molecular formula is C22H24FN3O3S. The van der Waals surface area contributed by atoms with Gasteiger partial charge in [0, 0.05) is 18.3 Å². The summed E-state index contributed by atoms with van der Waals surface area (Å²) in [6.45, 7) is 7.11. The molecule has 0 fully saturated rings. The Hall–Kier alpha value is -2.58. The first kappa shape index (κ1) is 20.7. The minimum absolute atomic E-state index is 0.0177. The van der Waals surface area contributed by atoms with Crippen LogP contribution in [0.1, 0.15) is 41.1 Å². The van der Waals surface area contributed by atoms with Gasteiger partial charge in [0.1, 0.15) is 10.6 Å². The molecule has 2 aromatic heterocycles. The molecule has 3 heterocycles. The van der Waals surface area contributed by atoms with Crippen molar-refractivity contribution in [2.75, 3.05) is 18.1 Å². The van der Waals surface area contributed by atoms with Gasteiger partial charge in [0.2, 0.25) is 0 Å². The highest BCUT2D eigenvalue weighted by molar-refractivity contribution is 7.20. The first-order valence-electron chi connectivity index (χ1n) is 10.1. The number of anilines is 1. The number of hydrogen-bond acceptors (Lipinski definition) is 5. The van der Waals surface area contributed by atoms with E-state index in [1.807, 2.05) is 13.8 Å². The van der Waals surface area contributed by atoms with E-state index in [0.29, 0.717) is 40.4 Å². The van der Waals surface area contributed by atoms with Crippen molar-refractivity contribution in [2.45, 2.75) is 46.2 Å². The lowest BCUT2D eigenvalue weighted by atomic mass is 9.96. The average molecular weight is 430 g/mol. The molecular weight excluding hydrogens is 405 g/mol. The predicted molar refractivity (Wildman–Crippen MR) is 116 cm³/mol. The molecule has 0 radical (unpaired) electrons. The van der Waals surface area contributed by atoms with E-state index < -0.39 is 0 Å². The maximum Gasteiger partial charge on any atom is 0.268 e. The van der Waals surface area contributed by atoms with Gasteiger partial charge in [-0.3, -0.25) is 14.2 Å². The Labute approximate surface area is 177 Å². The Balaban J connectivity index is 1.75. The van der Waals surface area contributed by atoms with Crippen molar-refractivity contribution < 1.29 is 13.9 Å². The van der Waals surface area contributed by atoms with Crippen molar-refractivity contribution >= 4 is 33.1 Å². The van der Waals surface area contributed by atoms with Crippen molar-refractivity contribution in [2.24, 2.45) is 0 Å². The Morgan fingerprint density at radius 1 is 1.40 bits per heavy atom. The second-order valence-corrected chi connectivity index (χ2v) is 8.51.